The lowest BCUT2D eigenvalue weighted by atomic mass is 10.0. The molecule has 3 heteroatoms. The Balaban J connectivity index is 2.11. The monoisotopic (exact) mass is 199 g/mol. The van der Waals surface area contributed by atoms with Gasteiger partial charge in [-0.05, 0) is 32.3 Å². The molecular formula is C11H21NO2. The molecule has 0 aliphatic carbocycles. The van der Waals surface area contributed by atoms with Crippen molar-refractivity contribution in [3.63, 3.8) is 0 Å². The average molecular weight is 199 g/mol. The van der Waals surface area contributed by atoms with E-state index in [9.17, 15) is 5.11 Å². The molecule has 1 aliphatic rings. The van der Waals surface area contributed by atoms with Crippen LogP contribution in [0.3, 0.4) is 0 Å². The maximum absolute atomic E-state index is 9.74. The van der Waals surface area contributed by atoms with Gasteiger partial charge < -0.3 is 15.2 Å². The molecule has 0 amide bonds. The van der Waals surface area contributed by atoms with Gasteiger partial charge in [0.1, 0.15) is 6.10 Å². The van der Waals surface area contributed by atoms with Gasteiger partial charge in [0.15, 0.2) is 0 Å². The molecule has 82 valence electrons. The van der Waals surface area contributed by atoms with E-state index in [1.807, 2.05) is 19.9 Å². The molecular weight excluding hydrogens is 178 g/mol. The van der Waals surface area contributed by atoms with Gasteiger partial charge in [-0.1, -0.05) is 6.92 Å². The van der Waals surface area contributed by atoms with Crippen molar-refractivity contribution < 1.29 is 9.84 Å². The summed E-state index contributed by atoms with van der Waals surface area (Å²) >= 11 is 0. The van der Waals surface area contributed by atoms with Crippen LogP contribution in [0.4, 0.5) is 0 Å². The predicted molar refractivity (Wildman–Crippen MR) is 57.0 cm³/mol. The highest BCUT2D eigenvalue weighted by Crippen LogP contribution is 2.10. The van der Waals surface area contributed by atoms with Crippen molar-refractivity contribution in [2.24, 2.45) is 0 Å². The predicted octanol–water partition coefficient (Wildman–Crippen LogP) is 1.43. The van der Waals surface area contributed by atoms with E-state index >= 15 is 0 Å². The number of nitrogens with one attached hydrogen (secondary N) is 1. The highest BCUT2D eigenvalue weighted by atomic mass is 16.5. The zero-order valence-electron chi connectivity index (χ0n) is 9.12. The van der Waals surface area contributed by atoms with Crippen molar-refractivity contribution in [1.82, 2.24) is 5.32 Å². The molecule has 0 spiro atoms. The molecule has 2 atom stereocenters. The molecule has 0 aromatic heterocycles. The van der Waals surface area contributed by atoms with Gasteiger partial charge in [-0.3, -0.25) is 0 Å². The summed E-state index contributed by atoms with van der Waals surface area (Å²) in [7, 11) is 0. The van der Waals surface area contributed by atoms with E-state index in [4.69, 9.17) is 4.74 Å². The van der Waals surface area contributed by atoms with Crippen LogP contribution in [-0.2, 0) is 4.74 Å². The molecule has 0 saturated heterocycles. The van der Waals surface area contributed by atoms with Gasteiger partial charge in [-0.2, -0.15) is 0 Å². The zero-order valence-corrected chi connectivity index (χ0v) is 9.12. The number of rotatable bonds is 5. The summed E-state index contributed by atoms with van der Waals surface area (Å²) in [5.41, 5.74) is -0.593. The van der Waals surface area contributed by atoms with E-state index in [2.05, 4.69) is 5.32 Å². The Labute approximate surface area is 86.2 Å². The summed E-state index contributed by atoms with van der Waals surface area (Å²) < 4.78 is 5.40. The summed E-state index contributed by atoms with van der Waals surface area (Å²) in [6.07, 6.45) is 7.01. The molecule has 0 bridgehead atoms. The zero-order chi connectivity index (χ0) is 10.4. The SMILES string of the molecule is CCC(C)(O)CNCC1CCC=CO1. The highest BCUT2D eigenvalue weighted by Gasteiger charge is 2.18. The number of hydrogen-bond donors (Lipinski definition) is 2. The third-order valence-electron chi connectivity index (χ3n) is 2.66. The van der Waals surface area contributed by atoms with E-state index in [1.54, 1.807) is 6.26 Å². The van der Waals surface area contributed by atoms with Crippen LogP contribution in [0.5, 0.6) is 0 Å². The summed E-state index contributed by atoms with van der Waals surface area (Å²) in [6.45, 7) is 5.29. The minimum absolute atomic E-state index is 0.271. The van der Waals surface area contributed by atoms with Crippen LogP contribution in [-0.4, -0.2) is 29.9 Å². The van der Waals surface area contributed by atoms with Gasteiger partial charge in [0, 0.05) is 13.1 Å². The molecule has 0 saturated carbocycles. The molecule has 2 unspecified atom stereocenters. The maximum atomic E-state index is 9.74. The molecule has 0 fully saturated rings. The van der Waals surface area contributed by atoms with Crippen LogP contribution in [0.25, 0.3) is 0 Å². The highest BCUT2D eigenvalue weighted by molar-refractivity contribution is 4.83. The number of hydrogen-bond acceptors (Lipinski definition) is 3. The van der Waals surface area contributed by atoms with Gasteiger partial charge in [0.25, 0.3) is 0 Å². The van der Waals surface area contributed by atoms with E-state index in [0.29, 0.717) is 6.54 Å². The van der Waals surface area contributed by atoms with Gasteiger partial charge in [-0.15, -0.1) is 0 Å². The van der Waals surface area contributed by atoms with Crippen molar-refractivity contribution in [3.8, 4) is 0 Å². The molecule has 0 aromatic carbocycles. The third-order valence-corrected chi connectivity index (χ3v) is 2.66. The Hall–Kier alpha value is -0.540. The Kier molecular flexibility index (Phi) is 4.42. The minimum Gasteiger partial charge on any atom is -0.497 e. The van der Waals surface area contributed by atoms with E-state index in [0.717, 1.165) is 25.8 Å². The normalized spacial score (nSPS) is 25.5. The van der Waals surface area contributed by atoms with Gasteiger partial charge in [0.2, 0.25) is 0 Å². The smallest absolute Gasteiger partial charge is 0.110 e. The standard InChI is InChI=1S/C11H21NO2/c1-3-11(2,13)9-12-8-10-6-4-5-7-14-10/h5,7,10,12-13H,3-4,6,8-9H2,1-2H3. The quantitative estimate of drug-likeness (QED) is 0.704. The Bertz CT molecular complexity index is 190. The van der Waals surface area contributed by atoms with Gasteiger partial charge in [0.05, 0.1) is 11.9 Å². The van der Waals surface area contributed by atoms with E-state index < -0.39 is 5.60 Å². The summed E-state index contributed by atoms with van der Waals surface area (Å²) in [6, 6.07) is 0. The van der Waals surface area contributed by atoms with Crippen molar-refractivity contribution in [3.05, 3.63) is 12.3 Å². The summed E-state index contributed by atoms with van der Waals surface area (Å²) in [4.78, 5) is 0. The fourth-order valence-corrected chi connectivity index (χ4v) is 1.36. The van der Waals surface area contributed by atoms with Crippen LogP contribution >= 0.6 is 0 Å². The Morgan fingerprint density at radius 3 is 3.00 bits per heavy atom. The first-order valence-corrected chi connectivity index (χ1v) is 5.37. The van der Waals surface area contributed by atoms with Crippen LogP contribution in [0.2, 0.25) is 0 Å². The fraction of sp³-hybridized carbons (Fsp3) is 0.818. The first kappa shape index (κ1) is 11.5. The average Bonchev–Trinajstić information content (AvgIpc) is 2.19. The first-order valence-electron chi connectivity index (χ1n) is 5.37. The lowest BCUT2D eigenvalue weighted by Crippen LogP contribution is -2.40. The van der Waals surface area contributed by atoms with Gasteiger partial charge in [-0.25, -0.2) is 0 Å². The topological polar surface area (TPSA) is 41.5 Å². The largest absolute Gasteiger partial charge is 0.497 e. The van der Waals surface area contributed by atoms with Crippen molar-refractivity contribution in [2.45, 2.75) is 44.8 Å². The summed E-state index contributed by atoms with van der Waals surface area (Å²) in [5.74, 6) is 0. The summed E-state index contributed by atoms with van der Waals surface area (Å²) in [5, 5.41) is 13.0. The van der Waals surface area contributed by atoms with Gasteiger partial charge >= 0.3 is 0 Å². The van der Waals surface area contributed by atoms with Crippen LogP contribution < -0.4 is 5.32 Å². The molecule has 1 heterocycles. The Morgan fingerprint density at radius 2 is 2.43 bits per heavy atom. The molecule has 1 rings (SSSR count). The third kappa shape index (κ3) is 4.11. The van der Waals surface area contributed by atoms with Crippen molar-refractivity contribution in [1.29, 1.82) is 0 Å². The second-order valence-corrected chi connectivity index (χ2v) is 4.19. The molecule has 2 N–H and O–H groups in total. The lowest BCUT2D eigenvalue weighted by molar-refractivity contribution is 0.0490. The Morgan fingerprint density at radius 1 is 1.64 bits per heavy atom. The van der Waals surface area contributed by atoms with Crippen LogP contribution in [0.1, 0.15) is 33.1 Å². The molecule has 1 aliphatic heterocycles. The minimum atomic E-state index is -0.593. The number of aliphatic hydroxyl groups is 1. The molecule has 0 aromatic rings. The van der Waals surface area contributed by atoms with Crippen LogP contribution in [0, 0.1) is 0 Å². The van der Waals surface area contributed by atoms with Crippen molar-refractivity contribution in [2.75, 3.05) is 13.1 Å². The number of allylic oxidation sites excluding steroid dienone is 1. The number of ether oxygens (including phenoxy) is 1. The lowest BCUT2D eigenvalue weighted by Gasteiger charge is -2.24. The molecule has 14 heavy (non-hydrogen) atoms. The second kappa shape index (κ2) is 5.37. The fourth-order valence-electron chi connectivity index (χ4n) is 1.36. The molecule has 0 radical (unpaired) electrons. The first-order chi connectivity index (χ1) is 6.64. The molecule has 3 nitrogen and oxygen atoms in total. The second-order valence-electron chi connectivity index (χ2n) is 4.19. The van der Waals surface area contributed by atoms with E-state index in [1.165, 1.54) is 0 Å². The van der Waals surface area contributed by atoms with Crippen molar-refractivity contribution >= 4 is 0 Å². The maximum Gasteiger partial charge on any atom is 0.110 e. The van der Waals surface area contributed by atoms with Crippen LogP contribution in [0.15, 0.2) is 12.3 Å². The van der Waals surface area contributed by atoms with E-state index in [-0.39, 0.29) is 6.10 Å².